The Morgan fingerprint density at radius 1 is 1.00 bits per heavy atom. The molecule has 0 amide bonds. The third-order valence-corrected chi connectivity index (χ3v) is 6.21. The number of benzene rings is 1. The summed E-state index contributed by atoms with van der Waals surface area (Å²) in [5.74, 6) is 0.873. The summed E-state index contributed by atoms with van der Waals surface area (Å²) in [7, 11) is 0. The number of aromatic amines is 2. The molecule has 2 N–H and O–H groups in total. The molecule has 0 radical (unpaired) electrons. The van der Waals surface area contributed by atoms with Crippen LogP contribution in [0.2, 0.25) is 5.02 Å². The molecular weight excluding hydrogens is 390 g/mol. The monoisotopic (exact) mass is 411 g/mol. The smallest absolute Gasteiger partial charge is 0.255 e. The van der Waals surface area contributed by atoms with Crippen LogP contribution >= 0.6 is 23.8 Å². The van der Waals surface area contributed by atoms with Gasteiger partial charge < -0.3 is 4.98 Å². The molecule has 28 heavy (non-hydrogen) atoms. The quantitative estimate of drug-likeness (QED) is 0.556. The third kappa shape index (κ3) is 4.10. The number of nitrogens with zero attached hydrogens (tertiary/aromatic N) is 1. The highest BCUT2D eigenvalue weighted by atomic mass is 35.5. The lowest BCUT2D eigenvalue weighted by Gasteiger charge is -2.29. The lowest BCUT2D eigenvalue weighted by Crippen LogP contribution is -2.23. The van der Waals surface area contributed by atoms with Crippen LogP contribution in [0.1, 0.15) is 60.0 Å². The van der Waals surface area contributed by atoms with Gasteiger partial charge >= 0.3 is 0 Å². The third-order valence-electron chi connectivity index (χ3n) is 5.66. The summed E-state index contributed by atoms with van der Waals surface area (Å²) in [5.41, 5.74) is 3.60. The maximum atomic E-state index is 12.7. The van der Waals surface area contributed by atoms with Gasteiger partial charge in [-0.15, -0.1) is 0 Å². The Bertz CT molecular complexity index is 1070. The molecule has 0 bridgehead atoms. The van der Waals surface area contributed by atoms with E-state index in [0.717, 1.165) is 31.4 Å². The number of nitrogens with one attached hydrogen (secondary N) is 2. The number of aromatic nitrogens is 3. The Balaban J connectivity index is 1.60. The van der Waals surface area contributed by atoms with E-state index in [-0.39, 0.29) is 5.56 Å². The summed E-state index contributed by atoms with van der Waals surface area (Å²) < 4.78 is 0.376. The van der Waals surface area contributed by atoms with Gasteiger partial charge in [0.1, 0.15) is 0 Å². The highest BCUT2D eigenvalue weighted by molar-refractivity contribution is 7.71. The minimum atomic E-state index is -0.148. The molecule has 0 unspecified atom stereocenters. The second kappa shape index (κ2) is 8.41. The summed E-state index contributed by atoms with van der Waals surface area (Å²) in [6.07, 6.45) is 6.35. The molecule has 1 fully saturated rings. The van der Waals surface area contributed by atoms with Gasteiger partial charge in [-0.05, 0) is 67.4 Å². The van der Waals surface area contributed by atoms with Crippen LogP contribution in [0.4, 0.5) is 0 Å². The Kier molecular flexibility index (Phi) is 5.74. The fourth-order valence-corrected chi connectivity index (χ4v) is 4.60. The van der Waals surface area contributed by atoms with Gasteiger partial charge in [0.25, 0.3) is 5.56 Å². The summed E-state index contributed by atoms with van der Waals surface area (Å²) in [4.78, 5) is 23.0. The Hall–Kier alpha value is -2.24. The second-order valence-corrected chi connectivity index (χ2v) is 8.18. The van der Waals surface area contributed by atoms with Gasteiger partial charge in [-0.2, -0.15) is 0 Å². The maximum absolute atomic E-state index is 12.7. The lowest BCUT2D eigenvalue weighted by atomic mass is 9.76. The second-order valence-electron chi connectivity index (χ2n) is 7.37. The molecule has 144 valence electrons. The average Bonchev–Trinajstić information content (AvgIpc) is 2.72. The number of halogens is 1. The van der Waals surface area contributed by atoms with Gasteiger partial charge in [-0.25, -0.2) is 0 Å². The highest BCUT2D eigenvalue weighted by Gasteiger charge is 2.27. The minimum absolute atomic E-state index is 0.148. The molecule has 4 nitrogen and oxygen atoms in total. The molecule has 2 heterocycles. The van der Waals surface area contributed by atoms with Crippen molar-refractivity contribution >= 4 is 23.8 Å². The van der Waals surface area contributed by atoms with Crippen molar-refractivity contribution in [3.8, 4) is 0 Å². The first-order chi connectivity index (χ1) is 13.6. The predicted molar refractivity (Wildman–Crippen MR) is 115 cm³/mol. The summed E-state index contributed by atoms with van der Waals surface area (Å²) in [5, 5.41) is 0.572. The lowest BCUT2D eigenvalue weighted by molar-refractivity contribution is 0.389. The number of pyridine rings is 1. The van der Waals surface area contributed by atoms with E-state index in [0.29, 0.717) is 39.3 Å². The highest BCUT2D eigenvalue weighted by Crippen LogP contribution is 2.40. The minimum Gasteiger partial charge on any atom is -0.335 e. The zero-order valence-electron chi connectivity index (χ0n) is 15.5. The van der Waals surface area contributed by atoms with E-state index < -0.39 is 0 Å². The zero-order valence-corrected chi connectivity index (χ0v) is 17.0. The molecule has 2 aromatic heterocycles. The molecule has 1 aliphatic carbocycles. The average molecular weight is 412 g/mol. The molecule has 4 rings (SSSR count). The predicted octanol–water partition coefficient (Wildman–Crippen LogP) is 5.51. The standard InChI is InChI=1S/C22H22ClN3OS/c23-18-7-4-12-24-19(18)13-17-20(25-22(28)26-21(17)27)16-10-8-15(9-11-16)14-5-2-1-3-6-14/h1-7,12,15-16H,8-11,13H2,(H2,25,26,27,28)/t15-,16-. The molecule has 1 saturated carbocycles. The number of H-pyrrole nitrogens is 2. The topological polar surface area (TPSA) is 61.5 Å². The van der Waals surface area contributed by atoms with Gasteiger partial charge in [0.2, 0.25) is 0 Å². The zero-order chi connectivity index (χ0) is 19.5. The van der Waals surface area contributed by atoms with Crippen LogP contribution in [0, 0.1) is 4.77 Å². The Labute approximate surface area is 174 Å². The van der Waals surface area contributed by atoms with Gasteiger partial charge in [-0.3, -0.25) is 14.8 Å². The van der Waals surface area contributed by atoms with Crippen molar-refractivity contribution in [1.29, 1.82) is 0 Å². The van der Waals surface area contributed by atoms with E-state index in [1.165, 1.54) is 5.56 Å². The van der Waals surface area contributed by atoms with E-state index >= 15 is 0 Å². The van der Waals surface area contributed by atoms with Crippen LogP contribution in [-0.2, 0) is 6.42 Å². The van der Waals surface area contributed by atoms with Crippen molar-refractivity contribution in [2.24, 2.45) is 0 Å². The molecule has 3 aromatic rings. The van der Waals surface area contributed by atoms with Crippen molar-refractivity contribution in [3.63, 3.8) is 0 Å². The Morgan fingerprint density at radius 3 is 2.43 bits per heavy atom. The van der Waals surface area contributed by atoms with Crippen LogP contribution < -0.4 is 5.56 Å². The van der Waals surface area contributed by atoms with Crippen molar-refractivity contribution in [3.05, 3.63) is 91.3 Å². The largest absolute Gasteiger partial charge is 0.335 e. The first-order valence-corrected chi connectivity index (χ1v) is 10.4. The molecule has 0 aliphatic heterocycles. The molecule has 0 spiro atoms. The van der Waals surface area contributed by atoms with Crippen molar-refractivity contribution in [1.82, 2.24) is 15.0 Å². The van der Waals surface area contributed by atoms with E-state index in [2.05, 4.69) is 45.3 Å². The van der Waals surface area contributed by atoms with Crippen molar-refractivity contribution in [2.45, 2.75) is 43.9 Å². The molecule has 0 saturated heterocycles. The number of hydrogen-bond donors (Lipinski definition) is 2. The molecule has 6 heteroatoms. The van der Waals surface area contributed by atoms with Crippen LogP contribution in [0.5, 0.6) is 0 Å². The van der Waals surface area contributed by atoms with Gasteiger partial charge in [0.15, 0.2) is 4.77 Å². The number of rotatable bonds is 4. The SMILES string of the molecule is O=c1[nH]c(=S)[nH]c([C@H]2CC[C@H](c3ccccc3)CC2)c1Cc1ncccc1Cl. The van der Waals surface area contributed by atoms with Gasteiger partial charge in [0.05, 0.1) is 10.7 Å². The summed E-state index contributed by atoms with van der Waals surface area (Å²) in [6, 6.07) is 14.3. The fourth-order valence-electron chi connectivity index (χ4n) is 4.21. The van der Waals surface area contributed by atoms with Gasteiger partial charge in [0, 0.05) is 23.9 Å². The van der Waals surface area contributed by atoms with Crippen molar-refractivity contribution in [2.75, 3.05) is 0 Å². The van der Waals surface area contributed by atoms with Crippen LogP contribution in [0.3, 0.4) is 0 Å². The molecular formula is C22H22ClN3OS. The fraction of sp³-hybridized carbons (Fsp3) is 0.318. The number of hydrogen-bond acceptors (Lipinski definition) is 3. The maximum Gasteiger partial charge on any atom is 0.255 e. The molecule has 1 aromatic carbocycles. The normalized spacial score (nSPS) is 19.5. The molecule has 1 aliphatic rings. The van der Waals surface area contributed by atoms with Crippen LogP contribution in [0.15, 0.2) is 53.5 Å². The van der Waals surface area contributed by atoms with Gasteiger partial charge in [-0.1, -0.05) is 41.9 Å². The van der Waals surface area contributed by atoms with E-state index in [9.17, 15) is 4.79 Å². The van der Waals surface area contributed by atoms with E-state index in [1.807, 2.05) is 0 Å². The summed E-state index contributed by atoms with van der Waals surface area (Å²) >= 11 is 11.5. The summed E-state index contributed by atoms with van der Waals surface area (Å²) in [6.45, 7) is 0. The first kappa shape index (κ1) is 19.1. The van der Waals surface area contributed by atoms with Crippen molar-refractivity contribution < 1.29 is 0 Å². The van der Waals surface area contributed by atoms with E-state index in [4.69, 9.17) is 23.8 Å². The van der Waals surface area contributed by atoms with E-state index in [1.54, 1.807) is 18.3 Å². The van der Waals surface area contributed by atoms with Crippen LogP contribution in [0.25, 0.3) is 0 Å². The Morgan fingerprint density at radius 2 is 1.71 bits per heavy atom. The van der Waals surface area contributed by atoms with Crippen LogP contribution in [-0.4, -0.2) is 15.0 Å². The first-order valence-electron chi connectivity index (χ1n) is 9.61. The molecule has 0 atom stereocenters.